The number of anilines is 1. The van der Waals surface area contributed by atoms with E-state index < -0.39 is 28.0 Å². The number of amides is 3. The number of nitrogens with one attached hydrogen (secondary N) is 2. The van der Waals surface area contributed by atoms with E-state index in [1.54, 1.807) is 62.7 Å². The van der Waals surface area contributed by atoms with E-state index >= 15 is 0 Å². The number of hydrogen-bond acceptors (Lipinski definition) is 5. The van der Waals surface area contributed by atoms with Gasteiger partial charge in [0.2, 0.25) is 5.91 Å². The molecule has 1 unspecified atom stereocenters. The van der Waals surface area contributed by atoms with E-state index in [-0.39, 0.29) is 11.3 Å². The SMILES string of the molecule is C=Cc1cccc(CC(NC(=O)NS(=O)(=O)c2ccccc2C=C)C(=O)N(C)c2ccc(OC)cc2)c1. The summed E-state index contributed by atoms with van der Waals surface area (Å²) < 4.78 is 33.0. The lowest BCUT2D eigenvalue weighted by molar-refractivity contribution is -0.120. The Hall–Kier alpha value is -4.37. The molecule has 3 rings (SSSR count). The molecule has 0 saturated heterocycles. The van der Waals surface area contributed by atoms with Crippen LogP contribution < -0.4 is 19.7 Å². The number of methoxy groups -OCH3 is 1. The predicted molar refractivity (Wildman–Crippen MR) is 146 cm³/mol. The van der Waals surface area contributed by atoms with Gasteiger partial charge in [-0.1, -0.05) is 67.8 Å². The molecule has 3 aromatic rings. The summed E-state index contributed by atoms with van der Waals surface area (Å²) in [5, 5.41) is 2.54. The minimum Gasteiger partial charge on any atom is -0.497 e. The fourth-order valence-electron chi connectivity index (χ4n) is 3.71. The zero-order valence-corrected chi connectivity index (χ0v) is 21.5. The van der Waals surface area contributed by atoms with Crippen LogP contribution >= 0.6 is 0 Å². The Labute approximate surface area is 217 Å². The first-order valence-corrected chi connectivity index (χ1v) is 12.8. The summed E-state index contributed by atoms with van der Waals surface area (Å²) in [6, 6.07) is 18.2. The topological polar surface area (TPSA) is 105 Å². The summed E-state index contributed by atoms with van der Waals surface area (Å²) in [6.07, 6.45) is 3.18. The molecule has 0 spiro atoms. The van der Waals surface area contributed by atoms with E-state index in [9.17, 15) is 18.0 Å². The average Bonchev–Trinajstić information content (AvgIpc) is 2.91. The minimum atomic E-state index is -4.22. The zero-order valence-electron chi connectivity index (χ0n) is 20.7. The molecule has 0 heterocycles. The molecule has 0 aliphatic rings. The lowest BCUT2D eigenvalue weighted by Gasteiger charge is -2.25. The molecular weight excluding hydrogens is 490 g/mol. The molecule has 2 N–H and O–H groups in total. The van der Waals surface area contributed by atoms with Crippen LogP contribution in [0.2, 0.25) is 0 Å². The third-order valence-corrected chi connectivity index (χ3v) is 7.08. The van der Waals surface area contributed by atoms with Gasteiger partial charge in [0, 0.05) is 19.2 Å². The highest BCUT2D eigenvalue weighted by molar-refractivity contribution is 7.90. The Morgan fingerprint density at radius 2 is 1.70 bits per heavy atom. The fraction of sp³-hybridized carbons (Fsp3) is 0.143. The van der Waals surface area contributed by atoms with Crippen molar-refractivity contribution in [2.45, 2.75) is 17.4 Å². The van der Waals surface area contributed by atoms with Gasteiger partial charge in [-0.05, 0) is 47.0 Å². The standard InChI is InChI=1S/C28H29N3O5S/c1-5-20-10-9-11-21(18-20)19-25(27(32)31(3)23-14-16-24(36-4)17-15-23)29-28(33)30-37(34,35)26-13-8-7-12-22(26)6-2/h5-18,25H,1-2,19H2,3-4H3,(H2,29,30,33). The molecule has 37 heavy (non-hydrogen) atoms. The third-order valence-electron chi connectivity index (χ3n) is 5.68. The predicted octanol–water partition coefficient (Wildman–Crippen LogP) is 4.24. The average molecular weight is 520 g/mol. The first-order chi connectivity index (χ1) is 17.7. The van der Waals surface area contributed by atoms with Crippen molar-refractivity contribution in [3.05, 3.63) is 103 Å². The number of urea groups is 1. The molecule has 3 aromatic carbocycles. The van der Waals surface area contributed by atoms with Crippen molar-refractivity contribution >= 4 is 39.8 Å². The Balaban J connectivity index is 1.87. The molecule has 8 nitrogen and oxygen atoms in total. The number of rotatable bonds is 10. The highest BCUT2D eigenvalue weighted by Crippen LogP contribution is 2.20. The molecule has 192 valence electrons. The largest absolute Gasteiger partial charge is 0.497 e. The van der Waals surface area contributed by atoms with Gasteiger partial charge in [-0.15, -0.1) is 0 Å². The highest BCUT2D eigenvalue weighted by atomic mass is 32.2. The van der Waals surface area contributed by atoms with Gasteiger partial charge in [-0.25, -0.2) is 17.9 Å². The number of nitrogens with zero attached hydrogens (tertiary/aromatic N) is 1. The minimum absolute atomic E-state index is 0.0999. The van der Waals surface area contributed by atoms with Gasteiger partial charge in [-0.2, -0.15) is 0 Å². The molecule has 0 fully saturated rings. The summed E-state index contributed by atoms with van der Waals surface area (Å²) in [5.74, 6) is 0.193. The Bertz CT molecular complexity index is 1400. The van der Waals surface area contributed by atoms with Gasteiger partial charge < -0.3 is 15.0 Å². The summed E-state index contributed by atoms with van der Waals surface area (Å²) in [6.45, 7) is 7.38. The van der Waals surface area contributed by atoms with E-state index in [1.165, 1.54) is 17.0 Å². The number of ether oxygens (including phenoxy) is 1. The number of carbonyl (C=O) groups excluding carboxylic acids is 2. The molecule has 0 aromatic heterocycles. The van der Waals surface area contributed by atoms with Crippen LogP contribution in [0.15, 0.2) is 90.8 Å². The smallest absolute Gasteiger partial charge is 0.329 e. The van der Waals surface area contributed by atoms with Crippen LogP contribution in [-0.4, -0.2) is 40.6 Å². The number of hydrogen-bond donors (Lipinski definition) is 2. The maximum absolute atomic E-state index is 13.5. The maximum atomic E-state index is 13.5. The van der Waals surface area contributed by atoms with Crippen molar-refractivity contribution in [2.24, 2.45) is 0 Å². The van der Waals surface area contributed by atoms with E-state index in [1.807, 2.05) is 29.0 Å². The van der Waals surface area contributed by atoms with Crippen molar-refractivity contribution in [2.75, 3.05) is 19.1 Å². The van der Waals surface area contributed by atoms with Crippen molar-refractivity contribution in [1.29, 1.82) is 0 Å². The van der Waals surface area contributed by atoms with Crippen LogP contribution in [0.3, 0.4) is 0 Å². The molecule has 0 bridgehead atoms. The van der Waals surface area contributed by atoms with Gasteiger partial charge in [0.1, 0.15) is 11.8 Å². The molecule has 0 radical (unpaired) electrons. The molecular formula is C28H29N3O5S. The molecule has 3 amide bonds. The number of likely N-dealkylation sites (N-methyl/N-ethyl adjacent to an activating group) is 1. The number of sulfonamides is 1. The van der Waals surface area contributed by atoms with Crippen molar-refractivity contribution in [3.8, 4) is 5.75 Å². The van der Waals surface area contributed by atoms with E-state index in [0.717, 1.165) is 11.1 Å². The lowest BCUT2D eigenvalue weighted by atomic mass is 10.0. The Kier molecular flexibility index (Phi) is 8.86. The zero-order chi connectivity index (χ0) is 27.0. The second kappa shape index (κ2) is 12.0. The summed E-state index contributed by atoms with van der Waals surface area (Å²) >= 11 is 0. The van der Waals surface area contributed by atoms with Gasteiger partial charge in [0.25, 0.3) is 10.0 Å². The van der Waals surface area contributed by atoms with Crippen molar-refractivity contribution in [3.63, 3.8) is 0 Å². The van der Waals surface area contributed by atoms with E-state index in [4.69, 9.17) is 4.74 Å². The number of benzene rings is 3. The maximum Gasteiger partial charge on any atom is 0.329 e. The lowest BCUT2D eigenvalue weighted by Crippen LogP contribution is -2.52. The van der Waals surface area contributed by atoms with Crippen LogP contribution in [0, 0.1) is 0 Å². The Morgan fingerprint density at radius 3 is 2.35 bits per heavy atom. The van der Waals surface area contributed by atoms with Gasteiger partial charge in [0.15, 0.2) is 0 Å². The molecule has 0 saturated carbocycles. The van der Waals surface area contributed by atoms with Gasteiger partial charge >= 0.3 is 6.03 Å². The first-order valence-electron chi connectivity index (χ1n) is 11.4. The highest BCUT2D eigenvalue weighted by Gasteiger charge is 2.28. The van der Waals surface area contributed by atoms with Crippen LogP contribution in [0.25, 0.3) is 12.2 Å². The third kappa shape index (κ3) is 6.86. The molecule has 0 aliphatic carbocycles. The van der Waals surface area contributed by atoms with Gasteiger partial charge in [-0.3, -0.25) is 4.79 Å². The number of carbonyl (C=O) groups is 2. The fourth-order valence-corrected chi connectivity index (χ4v) is 4.84. The molecule has 0 aliphatic heterocycles. The monoisotopic (exact) mass is 519 g/mol. The van der Waals surface area contributed by atoms with Crippen LogP contribution in [0.5, 0.6) is 5.75 Å². The van der Waals surface area contributed by atoms with Gasteiger partial charge in [0.05, 0.1) is 12.0 Å². The van der Waals surface area contributed by atoms with Crippen molar-refractivity contribution in [1.82, 2.24) is 10.0 Å². The van der Waals surface area contributed by atoms with Crippen LogP contribution in [0.4, 0.5) is 10.5 Å². The van der Waals surface area contributed by atoms with Crippen LogP contribution in [-0.2, 0) is 21.2 Å². The summed E-state index contributed by atoms with van der Waals surface area (Å²) in [5.41, 5.74) is 2.53. The summed E-state index contributed by atoms with van der Waals surface area (Å²) in [4.78, 5) is 27.7. The van der Waals surface area contributed by atoms with Crippen molar-refractivity contribution < 1.29 is 22.7 Å². The second-order valence-electron chi connectivity index (χ2n) is 8.12. The Morgan fingerprint density at radius 1 is 1.00 bits per heavy atom. The van der Waals surface area contributed by atoms with E-state index in [0.29, 0.717) is 17.0 Å². The first kappa shape index (κ1) is 27.2. The molecule has 9 heteroatoms. The normalized spacial score (nSPS) is 11.6. The van der Waals surface area contributed by atoms with E-state index in [2.05, 4.69) is 18.5 Å². The summed E-state index contributed by atoms with van der Waals surface area (Å²) in [7, 11) is -1.10. The second-order valence-corrected chi connectivity index (χ2v) is 9.77. The molecule has 1 atom stereocenters. The van der Waals surface area contributed by atoms with Crippen LogP contribution in [0.1, 0.15) is 16.7 Å². The quantitative estimate of drug-likeness (QED) is 0.417.